The molecular weight excluding hydrogens is 234 g/mol. The number of carbonyl (C=O) groups excluding carboxylic acids is 3. The van der Waals surface area contributed by atoms with Gasteiger partial charge in [-0.15, -0.1) is 0 Å². The number of rotatable bonds is 3. The summed E-state index contributed by atoms with van der Waals surface area (Å²) in [5, 5.41) is 9.23. The van der Waals surface area contributed by atoms with Gasteiger partial charge in [-0.2, -0.15) is 0 Å². The summed E-state index contributed by atoms with van der Waals surface area (Å²) in [4.78, 5) is 36.1. The molecule has 1 aliphatic heterocycles. The monoisotopic (exact) mass is 247 g/mol. The van der Waals surface area contributed by atoms with E-state index in [0.29, 0.717) is 5.56 Å². The fourth-order valence-electron chi connectivity index (χ4n) is 2.31. The molecule has 18 heavy (non-hydrogen) atoms. The van der Waals surface area contributed by atoms with E-state index in [0.717, 1.165) is 4.90 Å². The van der Waals surface area contributed by atoms with Crippen LogP contribution in [0.5, 0.6) is 0 Å². The number of nitrogens with zero attached hydrogens (tertiary/aromatic N) is 1. The molecule has 0 saturated carbocycles. The van der Waals surface area contributed by atoms with Crippen molar-refractivity contribution in [2.75, 3.05) is 6.73 Å². The Morgan fingerprint density at radius 3 is 2.39 bits per heavy atom. The summed E-state index contributed by atoms with van der Waals surface area (Å²) in [6, 6.07) is 8.08. The molecule has 1 aliphatic rings. The molecule has 2 unspecified atom stereocenters. The van der Waals surface area contributed by atoms with Crippen molar-refractivity contribution in [2.24, 2.45) is 5.92 Å². The first-order chi connectivity index (χ1) is 8.57. The summed E-state index contributed by atoms with van der Waals surface area (Å²) in [7, 11) is 0. The second-order valence-corrected chi connectivity index (χ2v) is 4.22. The van der Waals surface area contributed by atoms with Crippen molar-refractivity contribution in [1.82, 2.24) is 4.90 Å². The summed E-state index contributed by atoms with van der Waals surface area (Å²) in [6.07, 6.45) is 0. The quantitative estimate of drug-likeness (QED) is 0.615. The molecule has 0 aliphatic carbocycles. The molecule has 1 aromatic rings. The van der Waals surface area contributed by atoms with E-state index in [2.05, 4.69) is 0 Å². The molecule has 1 saturated heterocycles. The molecule has 2 atom stereocenters. The van der Waals surface area contributed by atoms with Gasteiger partial charge in [-0.25, -0.2) is 0 Å². The average Bonchev–Trinajstić information content (AvgIpc) is 2.63. The number of aliphatic hydroxyl groups is 1. The summed E-state index contributed by atoms with van der Waals surface area (Å²) < 4.78 is 0. The highest BCUT2D eigenvalue weighted by molar-refractivity contribution is 6.42. The van der Waals surface area contributed by atoms with Crippen LogP contribution in [-0.2, 0) is 14.4 Å². The molecule has 0 aromatic heterocycles. The van der Waals surface area contributed by atoms with Crippen molar-refractivity contribution in [3.05, 3.63) is 35.9 Å². The second kappa shape index (κ2) is 4.70. The van der Waals surface area contributed by atoms with Crippen LogP contribution in [0.25, 0.3) is 0 Å². The summed E-state index contributed by atoms with van der Waals surface area (Å²) in [6.45, 7) is 0.709. The SMILES string of the molecule is CC(=O)C1C(=O)C(=O)N(CO)C1c1ccccc1. The Bertz CT molecular complexity index is 497. The first-order valence-electron chi connectivity index (χ1n) is 5.59. The van der Waals surface area contributed by atoms with Crippen LogP contribution < -0.4 is 0 Å². The molecule has 1 N–H and O–H groups in total. The molecule has 1 amide bonds. The fourth-order valence-corrected chi connectivity index (χ4v) is 2.31. The molecule has 0 radical (unpaired) electrons. The first kappa shape index (κ1) is 12.4. The predicted molar refractivity (Wildman–Crippen MR) is 62.3 cm³/mol. The van der Waals surface area contributed by atoms with E-state index in [1.165, 1.54) is 6.92 Å². The molecule has 0 spiro atoms. The Morgan fingerprint density at radius 2 is 1.89 bits per heavy atom. The lowest BCUT2D eigenvalue weighted by atomic mass is 9.90. The molecule has 5 nitrogen and oxygen atoms in total. The van der Waals surface area contributed by atoms with E-state index in [-0.39, 0.29) is 5.78 Å². The van der Waals surface area contributed by atoms with Gasteiger partial charge in [-0.1, -0.05) is 30.3 Å². The van der Waals surface area contributed by atoms with Gasteiger partial charge in [0, 0.05) is 0 Å². The third-order valence-electron chi connectivity index (χ3n) is 3.14. The van der Waals surface area contributed by atoms with E-state index >= 15 is 0 Å². The maximum atomic E-state index is 11.8. The number of carbonyl (C=O) groups is 3. The number of hydrogen-bond acceptors (Lipinski definition) is 4. The van der Waals surface area contributed by atoms with Crippen LogP contribution in [0.15, 0.2) is 30.3 Å². The third-order valence-corrected chi connectivity index (χ3v) is 3.14. The number of benzene rings is 1. The number of amides is 1. The first-order valence-corrected chi connectivity index (χ1v) is 5.59. The van der Waals surface area contributed by atoms with Crippen LogP contribution in [0.4, 0.5) is 0 Å². The van der Waals surface area contributed by atoms with Gasteiger partial charge < -0.3 is 10.0 Å². The zero-order chi connectivity index (χ0) is 13.3. The number of ketones is 2. The smallest absolute Gasteiger partial charge is 0.293 e. The van der Waals surface area contributed by atoms with E-state index in [9.17, 15) is 19.5 Å². The molecule has 5 heteroatoms. The number of aliphatic hydroxyl groups excluding tert-OH is 1. The Morgan fingerprint density at radius 1 is 1.28 bits per heavy atom. The standard InChI is InChI=1S/C13H13NO4/c1-8(16)10-11(9-5-3-2-4-6-9)14(7-15)13(18)12(10)17/h2-6,10-11,15H,7H2,1H3. The highest BCUT2D eigenvalue weighted by Gasteiger charge is 2.49. The van der Waals surface area contributed by atoms with Crippen molar-refractivity contribution >= 4 is 17.5 Å². The van der Waals surface area contributed by atoms with Gasteiger partial charge in [0.05, 0.1) is 6.04 Å². The van der Waals surface area contributed by atoms with Gasteiger partial charge in [-0.05, 0) is 12.5 Å². The molecular formula is C13H13NO4. The minimum Gasteiger partial charge on any atom is -0.376 e. The van der Waals surface area contributed by atoms with Gasteiger partial charge in [0.15, 0.2) is 0 Å². The molecule has 1 aromatic carbocycles. The van der Waals surface area contributed by atoms with Crippen molar-refractivity contribution in [1.29, 1.82) is 0 Å². The highest BCUT2D eigenvalue weighted by Crippen LogP contribution is 2.35. The minimum absolute atomic E-state index is 0.363. The molecule has 94 valence electrons. The van der Waals surface area contributed by atoms with Crippen LogP contribution >= 0.6 is 0 Å². The van der Waals surface area contributed by atoms with Crippen molar-refractivity contribution in [2.45, 2.75) is 13.0 Å². The van der Waals surface area contributed by atoms with Crippen molar-refractivity contribution in [3.8, 4) is 0 Å². The molecule has 1 heterocycles. The zero-order valence-corrected chi connectivity index (χ0v) is 9.87. The zero-order valence-electron chi connectivity index (χ0n) is 9.87. The van der Waals surface area contributed by atoms with Crippen LogP contribution in [0.1, 0.15) is 18.5 Å². The topological polar surface area (TPSA) is 74.7 Å². The summed E-state index contributed by atoms with van der Waals surface area (Å²) in [5.41, 5.74) is 0.672. The van der Waals surface area contributed by atoms with Gasteiger partial charge >= 0.3 is 0 Å². The fraction of sp³-hybridized carbons (Fsp3) is 0.308. The summed E-state index contributed by atoms with van der Waals surface area (Å²) in [5.74, 6) is -2.93. The number of hydrogen-bond donors (Lipinski definition) is 1. The van der Waals surface area contributed by atoms with Crippen LogP contribution in [0, 0.1) is 5.92 Å². The van der Waals surface area contributed by atoms with Gasteiger partial charge in [0.1, 0.15) is 18.4 Å². The second-order valence-electron chi connectivity index (χ2n) is 4.22. The Labute approximate surface area is 104 Å². The van der Waals surface area contributed by atoms with E-state index in [1.807, 2.05) is 0 Å². The van der Waals surface area contributed by atoms with Crippen molar-refractivity contribution in [3.63, 3.8) is 0 Å². The Kier molecular flexibility index (Phi) is 3.25. The van der Waals surface area contributed by atoms with Gasteiger partial charge in [-0.3, -0.25) is 14.4 Å². The third kappa shape index (κ3) is 1.82. The largest absolute Gasteiger partial charge is 0.376 e. The molecule has 0 bridgehead atoms. The van der Waals surface area contributed by atoms with Crippen LogP contribution in [-0.4, -0.2) is 34.2 Å². The minimum atomic E-state index is -1.02. The number of likely N-dealkylation sites (tertiary alicyclic amines) is 1. The van der Waals surface area contributed by atoms with Crippen molar-refractivity contribution < 1.29 is 19.5 Å². The molecule has 2 rings (SSSR count). The lowest BCUT2D eigenvalue weighted by Gasteiger charge is -2.24. The molecule has 1 fully saturated rings. The lowest BCUT2D eigenvalue weighted by Crippen LogP contribution is -2.31. The van der Waals surface area contributed by atoms with Gasteiger partial charge in [0.2, 0.25) is 5.78 Å². The van der Waals surface area contributed by atoms with E-state index in [1.54, 1.807) is 30.3 Å². The predicted octanol–water partition coefficient (Wildman–Crippen LogP) is 0.294. The van der Waals surface area contributed by atoms with Gasteiger partial charge in [0.25, 0.3) is 5.91 Å². The number of Topliss-reactive ketones (excluding diaryl/α,β-unsaturated/α-hetero) is 2. The Balaban J connectivity index is 2.49. The average molecular weight is 247 g/mol. The maximum Gasteiger partial charge on any atom is 0.293 e. The summed E-state index contributed by atoms with van der Waals surface area (Å²) >= 11 is 0. The Hall–Kier alpha value is -2.01. The normalized spacial score (nSPS) is 23.6. The lowest BCUT2D eigenvalue weighted by molar-refractivity contribution is -0.143. The highest BCUT2D eigenvalue weighted by atomic mass is 16.3. The maximum absolute atomic E-state index is 11.8. The van der Waals surface area contributed by atoms with E-state index in [4.69, 9.17) is 0 Å². The van der Waals surface area contributed by atoms with E-state index < -0.39 is 30.4 Å². The van der Waals surface area contributed by atoms with Crippen LogP contribution in [0.3, 0.4) is 0 Å². The van der Waals surface area contributed by atoms with Crippen LogP contribution in [0.2, 0.25) is 0 Å².